The van der Waals surface area contributed by atoms with Gasteiger partial charge in [-0.15, -0.1) is 0 Å². The van der Waals surface area contributed by atoms with Gasteiger partial charge in [-0.3, -0.25) is 9.59 Å². The Hall–Kier alpha value is -2.40. The molecule has 0 bridgehead atoms. The first-order valence-corrected chi connectivity index (χ1v) is 8.46. The molecule has 1 heterocycles. The van der Waals surface area contributed by atoms with Crippen molar-refractivity contribution in [2.75, 3.05) is 13.6 Å². The van der Waals surface area contributed by atoms with Crippen molar-refractivity contribution >= 4 is 23.4 Å². The summed E-state index contributed by atoms with van der Waals surface area (Å²) < 4.78 is 0. The van der Waals surface area contributed by atoms with Crippen molar-refractivity contribution in [3.05, 3.63) is 63.9 Å². The molecule has 0 aliphatic carbocycles. The topological polar surface area (TPSA) is 62.3 Å². The number of amides is 2. The van der Waals surface area contributed by atoms with Crippen LogP contribution in [0, 0.1) is 13.8 Å². The molecular formula is C19H22ClN3O2. The SMILES string of the molecule is Cc1cc(C)c(C(=O)NCCC(=O)N(C)Cc2ccccc2)c(Cl)n1. The second kappa shape index (κ2) is 8.62. The Morgan fingerprint density at radius 1 is 1.20 bits per heavy atom. The van der Waals surface area contributed by atoms with Crippen LogP contribution in [0.2, 0.25) is 5.15 Å². The van der Waals surface area contributed by atoms with E-state index in [1.54, 1.807) is 18.0 Å². The molecule has 0 atom stereocenters. The van der Waals surface area contributed by atoms with Gasteiger partial charge in [0.25, 0.3) is 5.91 Å². The van der Waals surface area contributed by atoms with E-state index in [0.717, 1.165) is 16.8 Å². The van der Waals surface area contributed by atoms with Crippen molar-refractivity contribution in [3.63, 3.8) is 0 Å². The molecule has 0 spiro atoms. The fourth-order valence-corrected chi connectivity index (χ4v) is 2.94. The first-order chi connectivity index (χ1) is 11.9. The minimum absolute atomic E-state index is 0.0333. The maximum Gasteiger partial charge on any atom is 0.254 e. The number of pyridine rings is 1. The molecule has 0 aliphatic rings. The number of hydrogen-bond acceptors (Lipinski definition) is 3. The number of rotatable bonds is 6. The van der Waals surface area contributed by atoms with E-state index in [-0.39, 0.29) is 29.9 Å². The lowest BCUT2D eigenvalue weighted by molar-refractivity contribution is -0.130. The Kier molecular flexibility index (Phi) is 6.53. The van der Waals surface area contributed by atoms with E-state index in [4.69, 9.17) is 11.6 Å². The summed E-state index contributed by atoms with van der Waals surface area (Å²) in [4.78, 5) is 30.2. The van der Waals surface area contributed by atoms with E-state index < -0.39 is 0 Å². The summed E-state index contributed by atoms with van der Waals surface area (Å²) in [6.45, 7) is 4.43. The molecule has 132 valence electrons. The highest BCUT2D eigenvalue weighted by Gasteiger charge is 2.16. The van der Waals surface area contributed by atoms with Crippen molar-refractivity contribution in [1.29, 1.82) is 0 Å². The predicted octanol–water partition coefficient (Wildman–Crippen LogP) is 3.13. The van der Waals surface area contributed by atoms with E-state index in [1.165, 1.54) is 0 Å². The van der Waals surface area contributed by atoms with Crippen LogP contribution in [0.5, 0.6) is 0 Å². The number of carbonyl (C=O) groups excluding carboxylic acids is 2. The molecule has 2 aromatic rings. The van der Waals surface area contributed by atoms with E-state index >= 15 is 0 Å². The van der Waals surface area contributed by atoms with Crippen molar-refractivity contribution < 1.29 is 9.59 Å². The molecule has 0 unspecified atom stereocenters. The van der Waals surface area contributed by atoms with E-state index in [9.17, 15) is 9.59 Å². The summed E-state index contributed by atoms with van der Waals surface area (Å²) in [5.74, 6) is -0.345. The van der Waals surface area contributed by atoms with Gasteiger partial charge in [-0.1, -0.05) is 41.9 Å². The smallest absolute Gasteiger partial charge is 0.254 e. The minimum atomic E-state index is -0.312. The van der Waals surface area contributed by atoms with E-state index in [2.05, 4.69) is 10.3 Å². The Morgan fingerprint density at radius 2 is 1.88 bits per heavy atom. The van der Waals surface area contributed by atoms with Crippen LogP contribution in [0.4, 0.5) is 0 Å². The van der Waals surface area contributed by atoms with Gasteiger partial charge in [0.15, 0.2) is 0 Å². The fourth-order valence-electron chi connectivity index (χ4n) is 2.57. The highest BCUT2D eigenvalue weighted by Crippen LogP contribution is 2.18. The Morgan fingerprint density at radius 3 is 2.52 bits per heavy atom. The molecule has 5 nitrogen and oxygen atoms in total. The molecule has 6 heteroatoms. The third kappa shape index (κ3) is 5.29. The predicted molar refractivity (Wildman–Crippen MR) is 98.6 cm³/mol. The minimum Gasteiger partial charge on any atom is -0.351 e. The molecule has 2 amide bonds. The van der Waals surface area contributed by atoms with Crippen LogP contribution < -0.4 is 5.32 Å². The number of aromatic nitrogens is 1. The zero-order valence-electron chi connectivity index (χ0n) is 14.7. The van der Waals surface area contributed by atoms with Crippen LogP contribution in [-0.2, 0) is 11.3 Å². The molecule has 1 aromatic heterocycles. The lowest BCUT2D eigenvalue weighted by Gasteiger charge is -2.17. The maximum atomic E-state index is 12.3. The maximum absolute atomic E-state index is 12.3. The van der Waals surface area contributed by atoms with Gasteiger partial charge in [-0.2, -0.15) is 0 Å². The van der Waals surface area contributed by atoms with Crippen molar-refractivity contribution in [1.82, 2.24) is 15.2 Å². The second-order valence-electron chi connectivity index (χ2n) is 5.99. The lowest BCUT2D eigenvalue weighted by Crippen LogP contribution is -2.32. The quantitative estimate of drug-likeness (QED) is 0.806. The number of nitrogens with zero attached hydrogens (tertiary/aromatic N) is 2. The average Bonchev–Trinajstić information content (AvgIpc) is 2.54. The van der Waals surface area contributed by atoms with Crippen molar-refractivity contribution in [2.45, 2.75) is 26.8 Å². The molecule has 25 heavy (non-hydrogen) atoms. The van der Waals surface area contributed by atoms with Crippen LogP contribution >= 0.6 is 11.6 Å². The van der Waals surface area contributed by atoms with Gasteiger partial charge in [0.05, 0.1) is 5.56 Å². The fraction of sp³-hybridized carbons (Fsp3) is 0.316. The van der Waals surface area contributed by atoms with Gasteiger partial charge < -0.3 is 10.2 Å². The van der Waals surface area contributed by atoms with E-state index in [1.807, 2.05) is 44.2 Å². The Bertz CT molecular complexity index is 740. The molecule has 0 fully saturated rings. The van der Waals surface area contributed by atoms with Crippen molar-refractivity contribution in [3.8, 4) is 0 Å². The molecular weight excluding hydrogens is 338 g/mol. The van der Waals surface area contributed by atoms with Crippen LogP contribution in [0.25, 0.3) is 0 Å². The number of carbonyl (C=O) groups is 2. The number of aryl methyl sites for hydroxylation is 2. The second-order valence-corrected chi connectivity index (χ2v) is 6.35. The summed E-state index contributed by atoms with van der Waals surface area (Å²) in [5, 5.41) is 2.92. The molecule has 1 aromatic carbocycles. The zero-order chi connectivity index (χ0) is 18.4. The normalized spacial score (nSPS) is 10.4. The van der Waals surface area contributed by atoms with Gasteiger partial charge in [0.1, 0.15) is 5.15 Å². The largest absolute Gasteiger partial charge is 0.351 e. The summed E-state index contributed by atoms with van der Waals surface area (Å²) in [6, 6.07) is 11.6. The molecule has 0 radical (unpaired) electrons. The number of halogens is 1. The standard InChI is InChI=1S/C19H22ClN3O2/c1-13-11-14(2)22-18(20)17(13)19(25)21-10-9-16(24)23(3)12-15-7-5-4-6-8-15/h4-8,11H,9-10,12H2,1-3H3,(H,21,25). The van der Waals surface area contributed by atoms with Crippen LogP contribution in [-0.4, -0.2) is 35.3 Å². The number of benzene rings is 1. The lowest BCUT2D eigenvalue weighted by atomic mass is 10.1. The zero-order valence-corrected chi connectivity index (χ0v) is 15.4. The number of hydrogen-bond donors (Lipinski definition) is 1. The molecule has 0 aliphatic heterocycles. The third-order valence-electron chi connectivity index (χ3n) is 3.84. The van der Waals surface area contributed by atoms with Gasteiger partial charge >= 0.3 is 0 Å². The Labute approximate surface area is 153 Å². The molecule has 0 saturated carbocycles. The number of nitrogens with one attached hydrogen (secondary N) is 1. The highest BCUT2D eigenvalue weighted by atomic mass is 35.5. The van der Waals surface area contributed by atoms with Crippen LogP contribution in [0.15, 0.2) is 36.4 Å². The summed E-state index contributed by atoms with van der Waals surface area (Å²) in [5.41, 5.74) is 2.95. The summed E-state index contributed by atoms with van der Waals surface area (Å²) in [6.07, 6.45) is 0.227. The molecule has 0 saturated heterocycles. The summed E-state index contributed by atoms with van der Waals surface area (Å²) in [7, 11) is 1.75. The molecule has 2 rings (SSSR count). The van der Waals surface area contributed by atoms with Gasteiger partial charge in [-0.25, -0.2) is 4.98 Å². The Balaban J connectivity index is 1.86. The first kappa shape index (κ1) is 18.9. The van der Waals surface area contributed by atoms with E-state index in [0.29, 0.717) is 12.1 Å². The van der Waals surface area contributed by atoms with Gasteiger partial charge in [0.2, 0.25) is 5.91 Å². The molecule has 1 N–H and O–H groups in total. The van der Waals surface area contributed by atoms with Crippen LogP contribution in [0.1, 0.15) is 33.6 Å². The van der Waals surface area contributed by atoms with Gasteiger partial charge in [-0.05, 0) is 31.0 Å². The summed E-state index contributed by atoms with van der Waals surface area (Å²) >= 11 is 6.06. The van der Waals surface area contributed by atoms with Crippen LogP contribution in [0.3, 0.4) is 0 Å². The monoisotopic (exact) mass is 359 g/mol. The average molecular weight is 360 g/mol. The first-order valence-electron chi connectivity index (χ1n) is 8.08. The van der Waals surface area contributed by atoms with Crippen molar-refractivity contribution in [2.24, 2.45) is 0 Å². The highest BCUT2D eigenvalue weighted by molar-refractivity contribution is 6.32. The third-order valence-corrected chi connectivity index (χ3v) is 4.11. The van der Waals surface area contributed by atoms with Gasteiger partial charge in [0, 0.05) is 32.3 Å².